The Morgan fingerprint density at radius 2 is 1.22 bits per heavy atom. The van der Waals surface area contributed by atoms with Gasteiger partial charge >= 0.3 is 0 Å². The number of hydrogen-bond donors (Lipinski definition) is 1. The minimum absolute atomic E-state index is 0.204. The standard InChI is InChI=1S/C23H19FO2S/c24-23-16-13-19(26-23)17-25-18-11-14-22(15-12-18)27(20-7-3-1-4-8-20)21-9-5-2-6-10-21/h1-16,27H,17H2. The normalized spacial score (nSPS) is 11.2. The first kappa shape index (κ1) is 17.4. The van der Waals surface area contributed by atoms with Gasteiger partial charge in [0.1, 0.15) is 18.1 Å². The van der Waals surface area contributed by atoms with Gasteiger partial charge in [0.15, 0.2) is 0 Å². The maximum Gasteiger partial charge on any atom is 0.278 e. The van der Waals surface area contributed by atoms with Gasteiger partial charge in [0.25, 0.3) is 6.01 Å². The van der Waals surface area contributed by atoms with Crippen LogP contribution in [0.25, 0.3) is 0 Å². The summed E-state index contributed by atoms with van der Waals surface area (Å²) in [7, 11) is -0.632. The molecule has 1 heterocycles. The van der Waals surface area contributed by atoms with E-state index in [-0.39, 0.29) is 6.61 Å². The van der Waals surface area contributed by atoms with Crippen LogP contribution in [0.1, 0.15) is 5.76 Å². The quantitative estimate of drug-likeness (QED) is 0.388. The molecule has 0 aliphatic rings. The van der Waals surface area contributed by atoms with Crippen LogP contribution in [0.15, 0.2) is 116 Å². The van der Waals surface area contributed by atoms with Crippen LogP contribution in [0.2, 0.25) is 0 Å². The molecule has 0 bridgehead atoms. The monoisotopic (exact) mass is 378 g/mol. The molecular weight excluding hydrogens is 359 g/mol. The lowest BCUT2D eigenvalue weighted by Crippen LogP contribution is -1.94. The van der Waals surface area contributed by atoms with Crippen LogP contribution >= 0.6 is 10.9 Å². The highest BCUT2D eigenvalue weighted by Gasteiger charge is 2.12. The van der Waals surface area contributed by atoms with Gasteiger partial charge in [-0.25, -0.2) is 0 Å². The molecule has 0 unspecified atom stereocenters. The van der Waals surface area contributed by atoms with Crippen molar-refractivity contribution in [2.45, 2.75) is 21.3 Å². The number of rotatable bonds is 6. The van der Waals surface area contributed by atoms with Crippen molar-refractivity contribution in [3.05, 3.63) is 109 Å². The maximum atomic E-state index is 12.9. The van der Waals surface area contributed by atoms with Crippen LogP contribution in [0.5, 0.6) is 5.75 Å². The van der Waals surface area contributed by atoms with Crippen LogP contribution in [0.3, 0.4) is 0 Å². The van der Waals surface area contributed by atoms with E-state index in [4.69, 9.17) is 9.15 Å². The second-order valence-corrected chi connectivity index (χ2v) is 8.21. The van der Waals surface area contributed by atoms with Crippen LogP contribution in [-0.2, 0) is 6.61 Å². The van der Waals surface area contributed by atoms with Gasteiger partial charge in [0.05, 0.1) is 0 Å². The molecule has 0 fully saturated rings. The molecule has 0 aliphatic heterocycles. The predicted octanol–water partition coefficient (Wildman–Crippen LogP) is 6.48. The number of thiol groups is 1. The zero-order valence-electron chi connectivity index (χ0n) is 14.6. The van der Waals surface area contributed by atoms with Crippen LogP contribution in [0.4, 0.5) is 4.39 Å². The maximum absolute atomic E-state index is 12.9. The number of furan rings is 1. The minimum atomic E-state index is -0.632. The Bertz CT molecular complexity index is 942. The summed E-state index contributed by atoms with van der Waals surface area (Å²) in [5, 5.41) is 0. The van der Waals surface area contributed by atoms with Crippen LogP contribution in [-0.4, -0.2) is 0 Å². The summed E-state index contributed by atoms with van der Waals surface area (Å²) in [6.07, 6.45) is 0. The Balaban J connectivity index is 1.57. The predicted molar refractivity (Wildman–Crippen MR) is 106 cm³/mol. The Morgan fingerprint density at radius 3 is 1.74 bits per heavy atom. The summed E-state index contributed by atoms with van der Waals surface area (Å²) >= 11 is 0. The number of halogens is 1. The van der Waals surface area contributed by atoms with Gasteiger partial charge in [-0.1, -0.05) is 36.4 Å². The minimum Gasteiger partial charge on any atom is -0.486 e. The summed E-state index contributed by atoms with van der Waals surface area (Å²) in [6.45, 7) is 0.204. The molecule has 0 saturated carbocycles. The molecule has 0 radical (unpaired) electrons. The van der Waals surface area contributed by atoms with Crippen molar-refractivity contribution < 1.29 is 13.5 Å². The number of ether oxygens (including phenoxy) is 1. The molecule has 4 rings (SSSR count). The van der Waals surface area contributed by atoms with E-state index < -0.39 is 16.9 Å². The summed E-state index contributed by atoms with van der Waals surface area (Å²) in [5.74, 6) is 1.19. The lowest BCUT2D eigenvalue weighted by atomic mass is 10.3. The third-order valence-corrected chi connectivity index (χ3v) is 6.58. The largest absolute Gasteiger partial charge is 0.486 e. The van der Waals surface area contributed by atoms with Gasteiger partial charge in [-0.2, -0.15) is 15.3 Å². The number of benzene rings is 3. The molecule has 0 atom stereocenters. The average Bonchev–Trinajstić information content (AvgIpc) is 3.14. The molecule has 1 aromatic heterocycles. The summed E-state index contributed by atoms with van der Waals surface area (Å²) in [4.78, 5) is 3.86. The van der Waals surface area contributed by atoms with Crippen LogP contribution < -0.4 is 4.74 Å². The molecular formula is C23H19FO2S. The molecule has 3 aromatic carbocycles. The van der Waals surface area contributed by atoms with E-state index in [1.165, 1.54) is 20.8 Å². The first-order chi connectivity index (χ1) is 13.3. The van der Waals surface area contributed by atoms with Crippen molar-refractivity contribution in [1.29, 1.82) is 0 Å². The highest BCUT2D eigenvalue weighted by atomic mass is 32.2. The highest BCUT2D eigenvalue weighted by Crippen LogP contribution is 2.51. The molecule has 4 heteroatoms. The molecule has 2 nitrogen and oxygen atoms in total. The second kappa shape index (κ2) is 8.14. The second-order valence-electron chi connectivity index (χ2n) is 5.99. The fourth-order valence-electron chi connectivity index (χ4n) is 2.88. The van der Waals surface area contributed by atoms with E-state index >= 15 is 0 Å². The van der Waals surface area contributed by atoms with E-state index in [0.717, 1.165) is 5.75 Å². The zero-order valence-corrected chi connectivity index (χ0v) is 15.5. The molecule has 0 N–H and O–H groups in total. The Hall–Kier alpha value is -2.98. The molecule has 0 aliphatic carbocycles. The van der Waals surface area contributed by atoms with E-state index in [9.17, 15) is 4.39 Å². The van der Waals surface area contributed by atoms with E-state index in [1.54, 1.807) is 6.07 Å². The van der Waals surface area contributed by atoms with Gasteiger partial charge < -0.3 is 9.15 Å². The van der Waals surface area contributed by atoms with Gasteiger partial charge in [0, 0.05) is 6.07 Å². The van der Waals surface area contributed by atoms with Gasteiger partial charge in [0.2, 0.25) is 0 Å². The molecule has 0 spiro atoms. The molecule has 27 heavy (non-hydrogen) atoms. The molecule has 0 saturated heterocycles. The summed E-state index contributed by atoms with van der Waals surface area (Å²) in [6, 6.07) is 31.5. The van der Waals surface area contributed by atoms with Crippen molar-refractivity contribution in [3.8, 4) is 5.75 Å². The van der Waals surface area contributed by atoms with Crippen molar-refractivity contribution in [1.82, 2.24) is 0 Å². The van der Waals surface area contributed by atoms with E-state index in [1.807, 2.05) is 24.3 Å². The van der Waals surface area contributed by atoms with E-state index in [0.29, 0.717) is 5.76 Å². The first-order valence-corrected chi connectivity index (χ1v) is 10.0. The first-order valence-electron chi connectivity index (χ1n) is 8.67. The Morgan fingerprint density at radius 1 is 0.667 bits per heavy atom. The Kier molecular flexibility index (Phi) is 5.26. The van der Waals surface area contributed by atoms with Crippen molar-refractivity contribution in [2.24, 2.45) is 0 Å². The third-order valence-electron chi connectivity index (χ3n) is 4.13. The molecule has 4 aromatic rings. The van der Waals surface area contributed by atoms with Crippen molar-refractivity contribution >= 4 is 10.9 Å². The topological polar surface area (TPSA) is 22.4 Å². The average molecular weight is 378 g/mol. The lowest BCUT2D eigenvalue weighted by Gasteiger charge is -2.23. The zero-order chi connectivity index (χ0) is 18.5. The van der Waals surface area contributed by atoms with Crippen LogP contribution in [0, 0.1) is 6.01 Å². The molecule has 0 amide bonds. The number of hydrogen-bond acceptors (Lipinski definition) is 2. The van der Waals surface area contributed by atoms with E-state index in [2.05, 4.69) is 60.7 Å². The third kappa shape index (κ3) is 4.23. The molecule has 136 valence electrons. The summed E-state index contributed by atoms with van der Waals surface area (Å²) in [5.41, 5.74) is 0. The lowest BCUT2D eigenvalue weighted by molar-refractivity contribution is 0.244. The fourth-order valence-corrected chi connectivity index (χ4v) is 5.16. The van der Waals surface area contributed by atoms with Crippen molar-refractivity contribution in [3.63, 3.8) is 0 Å². The van der Waals surface area contributed by atoms with Gasteiger partial charge in [-0.15, -0.1) is 0 Å². The Labute approximate surface area is 160 Å². The summed E-state index contributed by atoms with van der Waals surface area (Å²) < 4.78 is 23.5. The SMILES string of the molecule is Fc1ccc(COc2ccc([SH](c3ccccc3)c3ccccc3)cc2)o1. The van der Waals surface area contributed by atoms with Crippen molar-refractivity contribution in [2.75, 3.05) is 0 Å². The smallest absolute Gasteiger partial charge is 0.278 e. The fraction of sp³-hybridized carbons (Fsp3) is 0.0435. The highest BCUT2D eigenvalue weighted by molar-refractivity contribution is 8.17. The van der Waals surface area contributed by atoms with Gasteiger partial charge in [-0.05, 0) is 69.3 Å². The van der Waals surface area contributed by atoms with Gasteiger partial charge in [-0.3, -0.25) is 0 Å².